The number of benzene rings is 2. The fourth-order valence-corrected chi connectivity index (χ4v) is 5.80. The van der Waals surface area contributed by atoms with Gasteiger partial charge in [-0.1, -0.05) is 42.5 Å². The highest BCUT2D eigenvalue weighted by atomic mass is 32.1. The molecule has 1 aromatic heterocycles. The molecule has 172 valence electrons. The van der Waals surface area contributed by atoms with Crippen molar-refractivity contribution in [3.05, 3.63) is 70.7 Å². The highest BCUT2D eigenvalue weighted by Gasteiger charge is 2.27. The smallest absolute Gasteiger partial charge is 0.243 e. The molecular weight excluding hydrogens is 432 g/mol. The average molecular weight is 463 g/mol. The number of thiazole rings is 1. The maximum absolute atomic E-state index is 13.5. The molecule has 6 nitrogen and oxygen atoms in total. The quantitative estimate of drug-likeness (QED) is 0.598. The van der Waals surface area contributed by atoms with Crippen LogP contribution in [0.1, 0.15) is 29.0 Å². The summed E-state index contributed by atoms with van der Waals surface area (Å²) in [6.45, 7) is 4.07. The summed E-state index contributed by atoms with van der Waals surface area (Å²) in [5.74, 6) is 0.407. The molecule has 2 heterocycles. The number of phenolic OH excluding ortho intramolecular Hbond substituents is 1. The van der Waals surface area contributed by atoms with Crippen LogP contribution in [0.25, 0.3) is 0 Å². The summed E-state index contributed by atoms with van der Waals surface area (Å²) in [4.78, 5) is 26.1. The van der Waals surface area contributed by atoms with Gasteiger partial charge < -0.3 is 10.0 Å². The van der Waals surface area contributed by atoms with E-state index in [1.54, 1.807) is 17.4 Å². The lowest BCUT2D eigenvalue weighted by atomic mass is 10.0. The summed E-state index contributed by atoms with van der Waals surface area (Å²) in [6, 6.07) is 17.6. The van der Waals surface area contributed by atoms with E-state index in [1.807, 2.05) is 41.3 Å². The number of carbonyl (C=O) groups is 1. The maximum atomic E-state index is 13.5. The number of aryl methyl sites for hydroxylation is 2. The van der Waals surface area contributed by atoms with Gasteiger partial charge in [-0.3, -0.25) is 14.6 Å². The van der Waals surface area contributed by atoms with E-state index in [-0.39, 0.29) is 5.91 Å². The standard InChI is InChI=1S/C26H30N4O2S/c31-23-12-6-5-11-22(23)29-16-14-28(15-17-29)19-25(32)30(18-20-8-2-1-3-9-20)26-27-21-10-4-7-13-24(21)33-26/h1-3,5-6,8-9,11-12,31H,4,7,10,13-19H2. The fourth-order valence-electron chi connectivity index (χ4n) is 4.64. The van der Waals surface area contributed by atoms with Crippen molar-refractivity contribution >= 4 is 28.1 Å². The molecule has 0 atom stereocenters. The molecule has 1 N–H and O–H groups in total. The topological polar surface area (TPSA) is 59.9 Å². The number of aromatic nitrogens is 1. The molecule has 2 aromatic carbocycles. The monoisotopic (exact) mass is 462 g/mol. The highest BCUT2D eigenvalue weighted by Crippen LogP contribution is 2.33. The Morgan fingerprint density at radius 3 is 2.45 bits per heavy atom. The van der Waals surface area contributed by atoms with Gasteiger partial charge >= 0.3 is 0 Å². The van der Waals surface area contributed by atoms with Crippen molar-refractivity contribution in [2.45, 2.75) is 32.2 Å². The molecule has 3 aromatic rings. The molecule has 1 amide bonds. The number of phenols is 1. The number of piperazine rings is 1. The number of carbonyl (C=O) groups excluding carboxylic acids is 1. The minimum Gasteiger partial charge on any atom is -0.506 e. The van der Waals surface area contributed by atoms with Crippen molar-refractivity contribution in [3.63, 3.8) is 0 Å². The van der Waals surface area contributed by atoms with Gasteiger partial charge in [-0.2, -0.15) is 0 Å². The van der Waals surface area contributed by atoms with Crippen LogP contribution in [0.3, 0.4) is 0 Å². The van der Waals surface area contributed by atoms with Crippen LogP contribution in [0.5, 0.6) is 5.75 Å². The van der Waals surface area contributed by atoms with E-state index in [1.165, 1.54) is 23.4 Å². The average Bonchev–Trinajstić information content (AvgIpc) is 3.28. The van der Waals surface area contributed by atoms with Crippen LogP contribution < -0.4 is 9.80 Å². The molecule has 2 aliphatic rings. The Labute approximate surface area is 199 Å². The molecule has 0 saturated carbocycles. The molecule has 0 unspecified atom stereocenters. The molecule has 0 bridgehead atoms. The molecular formula is C26H30N4O2S. The minimum absolute atomic E-state index is 0.0981. The lowest BCUT2D eigenvalue weighted by Crippen LogP contribution is -2.50. The van der Waals surface area contributed by atoms with Crippen LogP contribution in [0.2, 0.25) is 0 Å². The maximum Gasteiger partial charge on any atom is 0.243 e. The number of rotatable bonds is 6. The first-order valence-electron chi connectivity index (χ1n) is 11.8. The summed E-state index contributed by atoms with van der Waals surface area (Å²) < 4.78 is 0. The Kier molecular flexibility index (Phi) is 6.60. The van der Waals surface area contributed by atoms with E-state index in [0.29, 0.717) is 18.8 Å². The minimum atomic E-state index is 0.0981. The number of anilines is 2. The Morgan fingerprint density at radius 2 is 1.70 bits per heavy atom. The number of hydrogen-bond donors (Lipinski definition) is 1. The number of aromatic hydroxyl groups is 1. The van der Waals surface area contributed by atoms with Gasteiger partial charge in [0, 0.05) is 31.1 Å². The van der Waals surface area contributed by atoms with Crippen LogP contribution in [0.4, 0.5) is 10.8 Å². The number of para-hydroxylation sites is 2. The highest BCUT2D eigenvalue weighted by molar-refractivity contribution is 7.15. The summed E-state index contributed by atoms with van der Waals surface area (Å²) in [5.41, 5.74) is 3.16. The van der Waals surface area contributed by atoms with Gasteiger partial charge in [0.15, 0.2) is 5.13 Å². The SMILES string of the molecule is O=C(CN1CCN(c2ccccc2O)CC1)N(Cc1ccccc1)c1nc2c(s1)CCCC2. The normalized spacial score (nSPS) is 16.4. The number of amides is 1. The Hall–Kier alpha value is -2.90. The van der Waals surface area contributed by atoms with Gasteiger partial charge in [-0.25, -0.2) is 4.98 Å². The molecule has 33 heavy (non-hydrogen) atoms. The number of fused-ring (bicyclic) bond motifs is 1. The van der Waals surface area contributed by atoms with E-state index in [4.69, 9.17) is 4.98 Å². The van der Waals surface area contributed by atoms with Gasteiger partial charge in [0.2, 0.25) is 5.91 Å². The second kappa shape index (κ2) is 9.93. The van der Waals surface area contributed by atoms with E-state index in [9.17, 15) is 9.90 Å². The lowest BCUT2D eigenvalue weighted by molar-refractivity contribution is -0.120. The van der Waals surface area contributed by atoms with Crippen LogP contribution in [-0.4, -0.2) is 53.6 Å². The largest absolute Gasteiger partial charge is 0.506 e. The summed E-state index contributed by atoms with van der Waals surface area (Å²) in [7, 11) is 0. The number of hydrogen-bond acceptors (Lipinski definition) is 6. The lowest BCUT2D eigenvalue weighted by Gasteiger charge is -2.36. The van der Waals surface area contributed by atoms with E-state index in [0.717, 1.165) is 55.4 Å². The molecule has 0 radical (unpaired) electrons. The fraction of sp³-hybridized carbons (Fsp3) is 0.385. The van der Waals surface area contributed by atoms with E-state index < -0.39 is 0 Å². The predicted molar refractivity (Wildman–Crippen MR) is 133 cm³/mol. The molecule has 1 fully saturated rings. The van der Waals surface area contributed by atoms with Crippen molar-refractivity contribution < 1.29 is 9.90 Å². The van der Waals surface area contributed by atoms with Crippen molar-refractivity contribution in [2.75, 3.05) is 42.5 Å². The zero-order chi connectivity index (χ0) is 22.6. The predicted octanol–water partition coefficient (Wildman–Crippen LogP) is 4.08. The molecule has 1 saturated heterocycles. The molecule has 0 spiro atoms. The summed E-state index contributed by atoms with van der Waals surface area (Å²) >= 11 is 1.69. The third-order valence-corrected chi connectivity index (χ3v) is 7.68. The third-order valence-electron chi connectivity index (χ3n) is 6.50. The van der Waals surface area contributed by atoms with E-state index >= 15 is 0 Å². The van der Waals surface area contributed by atoms with Crippen LogP contribution >= 0.6 is 11.3 Å². The third kappa shape index (κ3) is 5.04. The van der Waals surface area contributed by atoms with Crippen molar-refractivity contribution in [1.29, 1.82) is 0 Å². The molecule has 5 rings (SSSR count). The van der Waals surface area contributed by atoms with Gasteiger partial charge in [-0.05, 0) is 43.4 Å². The Morgan fingerprint density at radius 1 is 0.970 bits per heavy atom. The zero-order valence-corrected chi connectivity index (χ0v) is 19.6. The first kappa shape index (κ1) is 21.9. The second-order valence-corrected chi connectivity index (χ2v) is 9.85. The molecule has 7 heteroatoms. The summed E-state index contributed by atoms with van der Waals surface area (Å²) in [6.07, 6.45) is 4.49. The summed E-state index contributed by atoms with van der Waals surface area (Å²) in [5, 5.41) is 11.0. The van der Waals surface area contributed by atoms with Crippen LogP contribution in [0, 0.1) is 0 Å². The van der Waals surface area contributed by atoms with E-state index in [2.05, 4.69) is 21.9 Å². The first-order valence-corrected chi connectivity index (χ1v) is 12.6. The van der Waals surface area contributed by atoms with Gasteiger partial charge in [0.1, 0.15) is 5.75 Å². The van der Waals surface area contributed by atoms with Crippen LogP contribution in [0.15, 0.2) is 54.6 Å². The number of nitrogens with zero attached hydrogens (tertiary/aromatic N) is 4. The Balaban J connectivity index is 1.28. The molecule has 1 aliphatic carbocycles. The zero-order valence-electron chi connectivity index (χ0n) is 18.8. The second-order valence-electron chi connectivity index (χ2n) is 8.79. The Bertz CT molecular complexity index is 1070. The van der Waals surface area contributed by atoms with Crippen molar-refractivity contribution in [2.24, 2.45) is 0 Å². The van der Waals surface area contributed by atoms with Gasteiger partial charge in [0.25, 0.3) is 0 Å². The molecule has 1 aliphatic heterocycles. The van der Waals surface area contributed by atoms with Crippen LogP contribution in [-0.2, 0) is 24.2 Å². The first-order chi connectivity index (χ1) is 16.2. The van der Waals surface area contributed by atoms with Crippen molar-refractivity contribution in [3.8, 4) is 5.75 Å². The van der Waals surface area contributed by atoms with Crippen molar-refractivity contribution in [1.82, 2.24) is 9.88 Å². The van der Waals surface area contributed by atoms with Gasteiger partial charge in [-0.15, -0.1) is 11.3 Å². The van der Waals surface area contributed by atoms with Gasteiger partial charge in [0.05, 0.1) is 24.5 Å².